The van der Waals surface area contributed by atoms with Crippen LogP contribution >= 0.6 is 0 Å². The predicted octanol–water partition coefficient (Wildman–Crippen LogP) is 2.22. The molecular formula is C18H25N5O2. The normalized spacial score (nSPS) is 15.7. The molecule has 1 atom stereocenters. The van der Waals surface area contributed by atoms with Crippen molar-refractivity contribution in [1.29, 1.82) is 0 Å². The number of amides is 2. The van der Waals surface area contributed by atoms with Crippen molar-refractivity contribution in [2.75, 3.05) is 38.0 Å². The molecule has 3 heterocycles. The Morgan fingerprint density at radius 1 is 1.16 bits per heavy atom. The molecule has 1 aliphatic rings. The lowest BCUT2D eigenvalue weighted by molar-refractivity contribution is 0.203. The van der Waals surface area contributed by atoms with Gasteiger partial charge in [-0.05, 0) is 50.2 Å². The van der Waals surface area contributed by atoms with Gasteiger partial charge in [-0.25, -0.2) is 9.78 Å². The quantitative estimate of drug-likeness (QED) is 0.640. The van der Waals surface area contributed by atoms with Crippen molar-refractivity contribution in [3.8, 4) is 0 Å². The molecule has 1 unspecified atom stereocenters. The van der Waals surface area contributed by atoms with Crippen LogP contribution < -0.4 is 16.0 Å². The van der Waals surface area contributed by atoms with E-state index in [0.29, 0.717) is 19.6 Å². The van der Waals surface area contributed by atoms with E-state index in [1.807, 2.05) is 30.3 Å². The SMILES string of the molecule is O=C(NCCNc1ccccn1)NCC(c1ccco1)N1CCCC1. The highest BCUT2D eigenvalue weighted by molar-refractivity contribution is 5.73. The lowest BCUT2D eigenvalue weighted by atomic mass is 10.2. The average Bonchev–Trinajstić information content (AvgIpc) is 3.34. The molecule has 25 heavy (non-hydrogen) atoms. The average molecular weight is 343 g/mol. The maximum atomic E-state index is 12.0. The molecule has 0 aromatic carbocycles. The maximum Gasteiger partial charge on any atom is 0.314 e. The number of nitrogens with zero attached hydrogens (tertiary/aromatic N) is 2. The van der Waals surface area contributed by atoms with Crippen molar-refractivity contribution in [3.63, 3.8) is 0 Å². The zero-order valence-electron chi connectivity index (χ0n) is 14.3. The minimum atomic E-state index is -0.168. The standard InChI is InChI=1S/C18H25N5O2/c24-18(21-10-9-20-17-7-1-2-8-19-17)22-14-15(16-6-5-13-25-16)23-11-3-4-12-23/h1-2,5-8,13,15H,3-4,9-12,14H2,(H,19,20)(H2,21,22,24). The molecule has 2 aromatic heterocycles. The molecular weight excluding hydrogens is 318 g/mol. The number of urea groups is 1. The number of likely N-dealkylation sites (tertiary alicyclic amines) is 1. The highest BCUT2D eigenvalue weighted by atomic mass is 16.3. The van der Waals surface area contributed by atoms with Gasteiger partial charge >= 0.3 is 6.03 Å². The van der Waals surface area contributed by atoms with Gasteiger partial charge in [-0.1, -0.05) is 6.07 Å². The van der Waals surface area contributed by atoms with E-state index < -0.39 is 0 Å². The van der Waals surface area contributed by atoms with Gasteiger partial charge in [0.05, 0.1) is 12.3 Å². The molecule has 0 bridgehead atoms. The van der Waals surface area contributed by atoms with Crippen LogP contribution in [0.1, 0.15) is 24.6 Å². The van der Waals surface area contributed by atoms with Gasteiger partial charge in [-0.3, -0.25) is 4.90 Å². The highest BCUT2D eigenvalue weighted by Crippen LogP contribution is 2.24. The second-order valence-corrected chi connectivity index (χ2v) is 6.05. The van der Waals surface area contributed by atoms with E-state index in [1.165, 1.54) is 12.8 Å². The fourth-order valence-corrected chi connectivity index (χ4v) is 3.03. The third-order valence-electron chi connectivity index (χ3n) is 4.29. The summed E-state index contributed by atoms with van der Waals surface area (Å²) in [4.78, 5) is 18.6. The molecule has 0 radical (unpaired) electrons. The van der Waals surface area contributed by atoms with E-state index in [2.05, 4.69) is 25.8 Å². The third kappa shape index (κ3) is 5.22. The number of hydrogen-bond acceptors (Lipinski definition) is 5. The Morgan fingerprint density at radius 2 is 2.04 bits per heavy atom. The van der Waals surface area contributed by atoms with E-state index in [-0.39, 0.29) is 12.1 Å². The fraction of sp³-hybridized carbons (Fsp3) is 0.444. The van der Waals surface area contributed by atoms with Crippen LogP contribution in [0.15, 0.2) is 47.2 Å². The number of pyridine rings is 1. The summed E-state index contributed by atoms with van der Waals surface area (Å²) in [5.74, 6) is 1.70. The molecule has 2 amide bonds. The summed E-state index contributed by atoms with van der Waals surface area (Å²) in [6, 6.07) is 9.47. The first kappa shape index (κ1) is 17.3. The molecule has 7 heteroatoms. The smallest absolute Gasteiger partial charge is 0.314 e. The number of carbonyl (C=O) groups excluding carboxylic acids is 1. The van der Waals surface area contributed by atoms with Crippen molar-refractivity contribution in [1.82, 2.24) is 20.5 Å². The topological polar surface area (TPSA) is 82.4 Å². The molecule has 0 spiro atoms. The van der Waals surface area contributed by atoms with Crippen LogP contribution in [0.25, 0.3) is 0 Å². The van der Waals surface area contributed by atoms with Gasteiger partial charge in [0.1, 0.15) is 11.6 Å². The first-order valence-electron chi connectivity index (χ1n) is 8.77. The summed E-state index contributed by atoms with van der Waals surface area (Å²) >= 11 is 0. The highest BCUT2D eigenvalue weighted by Gasteiger charge is 2.25. The molecule has 0 aliphatic carbocycles. The van der Waals surface area contributed by atoms with Crippen LogP contribution in [0, 0.1) is 0 Å². The Bertz CT molecular complexity index is 626. The van der Waals surface area contributed by atoms with Crippen LogP contribution in [-0.4, -0.2) is 48.6 Å². The van der Waals surface area contributed by atoms with E-state index in [4.69, 9.17) is 4.42 Å². The Hall–Kier alpha value is -2.54. The van der Waals surface area contributed by atoms with Crippen LogP contribution in [0.3, 0.4) is 0 Å². The Balaban J connectivity index is 1.39. The lowest BCUT2D eigenvalue weighted by Gasteiger charge is -2.26. The van der Waals surface area contributed by atoms with E-state index in [0.717, 1.165) is 24.7 Å². The van der Waals surface area contributed by atoms with Crippen LogP contribution in [0.4, 0.5) is 10.6 Å². The summed E-state index contributed by atoms with van der Waals surface area (Å²) < 4.78 is 5.56. The van der Waals surface area contributed by atoms with Crippen molar-refractivity contribution in [3.05, 3.63) is 48.6 Å². The van der Waals surface area contributed by atoms with Crippen molar-refractivity contribution >= 4 is 11.8 Å². The van der Waals surface area contributed by atoms with Gasteiger partial charge in [0.2, 0.25) is 0 Å². The lowest BCUT2D eigenvalue weighted by Crippen LogP contribution is -2.42. The summed E-state index contributed by atoms with van der Waals surface area (Å²) in [6.45, 7) is 3.77. The molecule has 7 nitrogen and oxygen atoms in total. The second-order valence-electron chi connectivity index (χ2n) is 6.05. The number of hydrogen-bond donors (Lipinski definition) is 3. The monoisotopic (exact) mass is 343 g/mol. The summed E-state index contributed by atoms with van der Waals surface area (Å²) in [5, 5.41) is 8.96. The molecule has 3 rings (SSSR count). The van der Waals surface area contributed by atoms with Crippen molar-refractivity contribution in [2.24, 2.45) is 0 Å². The van der Waals surface area contributed by atoms with Gasteiger partial charge in [-0.15, -0.1) is 0 Å². The minimum Gasteiger partial charge on any atom is -0.468 e. The zero-order valence-corrected chi connectivity index (χ0v) is 14.3. The van der Waals surface area contributed by atoms with Gasteiger partial charge in [0, 0.05) is 25.8 Å². The first-order valence-corrected chi connectivity index (χ1v) is 8.77. The van der Waals surface area contributed by atoms with Crippen LogP contribution in [0.5, 0.6) is 0 Å². The number of carbonyl (C=O) groups is 1. The summed E-state index contributed by atoms with van der Waals surface area (Å²) in [5.41, 5.74) is 0. The van der Waals surface area contributed by atoms with Gasteiger partial charge < -0.3 is 20.4 Å². The Labute approximate surface area is 147 Å². The van der Waals surface area contributed by atoms with Crippen molar-refractivity contribution in [2.45, 2.75) is 18.9 Å². The summed E-state index contributed by atoms with van der Waals surface area (Å²) in [7, 11) is 0. The fourth-order valence-electron chi connectivity index (χ4n) is 3.03. The van der Waals surface area contributed by atoms with E-state index >= 15 is 0 Å². The first-order chi connectivity index (χ1) is 12.3. The van der Waals surface area contributed by atoms with Gasteiger partial charge in [0.25, 0.3) is 0 Å². The largest absolute Gasteiger partial charge is 0.468 e. The number of nitrogens with one attached hydrogen (secondary N) is 3. The molecule has 1 fully saturated rings. The Morgan fingerprint density at radius 3 is 2.76 bits per heavy atom. The molecule has 1 aliphatic heterocycles. The minimum absolute atomic E-state index is 0.0925. The molecule has 0 saturated carbocycles. The number of aromatic nitrogens is 1. The van der Waals surface area contributed by atoms with Crippen LogP contribution in [0.2, 0.25) is 0 Å². The molecule has 1 saturated heterocycles. The third-order valence-corrected chi connectivity index (χ3v) is 4.29. The molecule has 3 N–H and O–H groups in total. The Kier molecular flexibility index (Phi) is 6.28. The van der Waals surface area contributed by atoms with E-state index in [9.17, 15) is 4.79 Å². The predicted molar refractivity (Wildman–Crippen MR) is 96.4 cm³/mol. The second kappa shape index (κ2) is 9.08. The number of furan rings is 1. The number of anilines is 1. The maximum absolute atomic E-state index is 12.0. The summed E-state index contributed by atoms with van der Waals surface area (Å²) in [6.07, 6.45) is 5.81. The number of rotatable bonds is 8. The van der Waals surface area contributed by atoms with E-state index in [1.54, 1.807) is 12.5 Å². The van der Waals surface area contributed by atoms with Gasteiger partial charge in [0.15, 0.2) is 0 Å². The molecule has 2 aromatic rings. The van der Waals surface area contributed by atoms with Gasteiger partial charge in [-0.2, -0.15) is 0 Å². The molecule has 134 valence electrons. The van der Waals surface area contributed by atoms with Crippen molar-refractivity contribution < 1.29 is 9.21 Å². The van der Waals surface area contributed by atoms with Crippen LogP contribution in [-0.2, 0) is 0 Å². The zero-order chi connectivity index (χ0) is 17.3.